The van der Waals surface area contributed by atoms with Gasteiger partial charge < -0.3 is 19.2 Å². The molecule has 3 rings (SSSR count). The van der Waals surface area contributed by atoms with Crippen molar-refractivity contribution in [3.05, 3.63) is 35.8 Å². The molecule has 1 aliphatic heterocycles. The van der Waals surface area contributed by atoms with Crippen LogP contribution in [0.2, 0.25) is 0 Å². The van der Waals surface area contributed by atoms with Crippen LogP contribution >= 0.6 is 0 Å². The lowest BCUT2D eigenvalue weighted by Crippen LogP contribution is -2.44. The first kappa shape index (κ1) is 16.5. The molecule has 0 unspecified atom stereocenters. The Kier molecular flexibility index (Phi) is 4.87. The normalized spacial score (nSPS) is 18.8. The first-order chi connectivity index (χ1) is 11.5. The number of amides is 2. The maximum atomic E-state index is 12.6. The third-order valence-corrected chi connectivity index (χ3v) is 4.55. The van der Waals surface area contributed by atoms with Crippen LogP contribution in [0.15, 0.2) is 22.9 Å². The molecule has 1 fully saturated rings. The quantitative estimate of drug-likeness (QED) is 0.913. The van der Waals surface area contributed by atoms with Gasteiger partial charge in [0.1, 0.15) is 17.8 Å². The number of hydrogen-bond donors (Lipinski definition) is 1. The minimum absolute atomic E-state index is 0.0115. The molecule has 0 bridgehead atoms. The van der Waals surface area contributed by atoms with E-state index in [-0.39, 0.29) is 18.1 Å². The van der Waals surface area contributed by atoms with Crippen LogP contribution in [0.1, 0.15) is 49.6 Å². The first-order valence-corrected chi connectivity index (χ1v) is 8.51. The summed E-state index contributed by atoms with van der Waals surface area (Å²) in [6, 6.07) is 4.03. The molecule has 1 saturated heterocycles. The van der Waals surface area contributed by atoms with Crippen molar-refractivity contribution < 1.29 is 9.21 Å². The lowest BCUT2D eigenvalue weighted by Gasteiger charge is -2.26. The van der Waals surface area contributed by atoms with Crippen molar-refractivity contribution in [2.45, 2.75) is 51.6 Å². The smallest absolute Gasteiger partial charge is 0.318 e. The molecule has 3 heterocycles. The van der Waals surface area contributed by atoms with Crippen LogP contribution in [0, 0.1) is 6.92 Å². The van der Waals surface area contributed by atoms with Crippen LogP contribution in [-0.2, 0) is 13.5 Å². The summed E-state index contributed by atoms with van der Waals surface area (Å²) < 4.78 is 7.46. The van der Waals surface area contributed by atoms with Gasteiger partial charge in [0, 0.05) is 26.1 Å². The summed E-state index contributed by atoms with van der Waals surface area (Å²) >= 11 is 0. The summed E-state index contributed by atoms with van der Waals surface area (Å²) in [7, 11) is 1.91. The van der Waals surface area contributed by atoms with E-state index in [0.717, 1.165) is 49.6 Å². The minimum atomic E-state index is -0.0244. The van der Waals surface area contributed by atoms with Crippen LogP contribution in [-0.4, -0.2) is 38.3 Å². The number of carbonyl (C=O) groups is 1. The Morgan fingerprint density at radius 1 is 1.50 bits per heavy atom. The fraction of sp³-hybridized carbons (Fsp3) is 0.588. The average molecular weight is 331 g/mol. The summed E-state index contributed by atoms with van der Waals surface area (Å²) in [4.78, 5) is 14.5. The molecule has 0 saturated carbocycles. The molecule has 0 radical (unpaired) electrons. The molecule has 0 aromatic carbocycles. The molecule has 7 nitrogen and oxygen atoms in total. The standard InChI is InChI=1S/C17H25N5O2/c1-12(6-8-14-9-7-13(2)24-14)19-17(23)22-10-4-5-15(22)16-20-18-11-21(16)3/h7,9,11-12,15H,4-6,8,10H2,1-3H3,(H,19,23)/t12-,15+/m1/s1. The Hall–Kier alpha value is -2.31. The number of aryl methyl sites for hydroxylation is 3. The Morgan fingerprint density at radius 3 is 3.00 bits per heavy atom. The van der Waals surface area contributed by atoms with E-state index in [0.29, 0.717) is 0 Å². The molecule has 1 N–H and O–H groups in total. The topological polar surface area (TPSA) is 76.2 Å². The van der Waals surface area contributed by atoms with E-state index in [4.69, 9.17) is 4.42 Å². The van der Waals surface area contributed by atoms with Crippen molar-refractivity contribution in [2.75, 3.05) is 6.54 Å². The highest BCUT2D eigenvalue weighted by Gasteiger charge is 2.33. The monoisotopic (exact) mass is 331 g/mol. The van der Waals surface area contributed by atoms with Crippen LogP contribution in [0.5, 0.6) is 0 Å². The number of rotatable bonds is 5. The summed E-state index contributed by atoms with van der Waals surface area (Å²) in [5.74, 6) is 2.73. The number of aromatic nitrogens is 3. The van der Waals surface area contributed by atoms with E-state index in [1.807, 2.05) is 42.5 Å². The Balaban J connectivity index is 1.54. The van der Waals surface area contributed by atoms with Crippen molar-refractivity contribution in [3.8, 4) is 0 Å². The van der Waals surface area contributed by atoms with E-state index < -0.39 is 0 Å². The molecule has 2 aromatic heterocycles. The summed E-state index contributed by atoms with van der Waals surface area (Å²) in [6.07, 6.45) is 5.27. The molecule has 1 aliphatic rings. The van der Waals surface area contributed by atoms with E-state index in [9.17, 15) is 4.79 Å². The summed E-state index contributed by atoms with van der Waals surface area (Å²) in [6.45, 7) is 4.73. The fourth-order valence-corrected chi connectivity index (χ4v) is 3.22. The second-order valence-corrected chi connectivity index (χ2v) is 6.55. The van der Waals surface area contributed by atoms with Crippen molar-refractivity contribution in [1.29, 1.82) is 0 Å². The van der Waals surface area contributed by atoms with Crippen molar-refractivity contribution in [3.63, 3.8) is 0 Å². The predicted molar refractivity (Wildman–Crippen MR) is 89.4 cm³/mol. The average Bonchev–Trinajstić information content (AvgIpc) is 3.25. The second-order valence-electron chi connectivity index (χ2n) is 6.55. The van der Waals surface area contributed by atoms with Gasteiger partial charge >= 0.3 is 6.03 Å². The van der Waals surface area contributed by atoms with Gasteiger partial charge in [-0.3, -0.25) is 0 Å². The van der Waals surface area contributed by atoms with Gasteiger partial charge in [-0.05, 0) is 45.2 Å². The number of carbonyl (C=O) groups excluding carboxylic acids is 1. The number of hydrogen-bond acceptors (Lipinski definition) is 4. The molecule has 0 aliphatic carbocycles. The highest BCUT2D eigenvalue weighted by Crippen LogP contribution is 2.30. The van der Waals surface area contributed by atoms with Crippen molar-refractivity contribution >= 4 is 6.03 Å². The van der Waals surface area contributed by atoms with E-state index >= 15 is 0 Å². The lowest BCUT2D eigenvalue weighted by atomic mass is 10.1. The van der Waals surface area contributed by atoms with Gasteiger partial charge in [0.25, 0.3) is 0 Å². The van der Waals surface area contributed by atoms with Gasteiger partial charge in [-0.2, -0.15) is 0 Å². The zero-order chi connectivity index (χ0) is 17.1. The van der Waals surface area contributed by atoms with E-state index in [1.54, 1.807) is 6.33 Å². The Labute approximate surface area is 142 Å². The van der Waals surface area contributed by atoms with Gasteiger partial charge in [-0.1, -0.05) is 0 Å². The molecule has 24 heavy (non-hydrogen) atoms. The molecular weight excluding hydrogens is 306 g/mol. The largest absolute Gasteiger partial charge is 0.466 e. The SMILES string of the molecule is Cc1ccc(CC[C@@H](C)NC(=O)N2CCC[C@H]2c2nncn2C)o1. The maximum Gasteiger partial charge on any atom is 0.318 e. The van der Waals surface area contributed by atoms with E-state index in [1.165, 1.54) is 0 Å². The van der Waals surface area contributed by atoms with Gasteiger partial charge in [-0.25, -0.2) is 4.79 Å². The number of likely N-dealkylation sites (tertiary alicyclic amines) is 1. The zero-order valence-electron chi connectivity index (χ0n) is 14.5. The number of urea groups is 1. The number of furan rings is 1. The number of nitrogens with one attached hydrogen (secondary N) is 1. The van der Waals surface area contributed by atoms with Crippen LogP contribution in [0.25, 0.3) is 0 Å². The highest BCUT2D eigenvalue weighted by molar-refractivity contribution is 5.75. The molecule has 0 spiro atoms. The predicted octanol–water partition coefficient (Wildman–Crippen LogP) is 2.58. The summed E-state index contributed by atoms with van der Waals surface area (Å²) in [5.41, 5.74) is 0. The van der Waals surface area contributed by atoms with Gasteiger partial charge in [-0.15, -0.1) is 10.2 Å². The fourth-order valence-electron chi connectivity index (χ4n) is 3.22. The molecule has 2 atom stereocenters. The van der Waals surface area contributed by atoms with Crippen molar-refractivity contribution in [1.82, 2.24) is 25.0 Å². The van der Waals surface area contributed by atoms with Crippen LogP contribution in [0.4, 0.5) is 4.79 Å². The Bertz CT molecular complexity index is 693. The van der Waals surface area contributed by atoms with Gasteiger partial charge in [0.05, 0.1) is 6.04 Å². The maximum absolute atomic E-state index is 12.6. The third kappa shape index (κ3) is 3.60. The van der Waals surface area contributed by atoms with E-state index in [2.05, 4.69) is 15.5 Å². The van der Waals surface area contributed by atoms with Crippen LogP contribution < -0.4 is 5.32 Å². The third-order valence-electron chi connectivity index (χ3n) is 4.55. The lowest BCUT2D eigenvalue weighted by molar-refractivity contribution is 0.186. The first-order valence-electron chi connectivity index (χ1n) is 8.51. The molecule has 130 valence electrons. The molecule has 7 heteroatoms. The molecule has 2 amide bonds. The minimum Gasteiger partial charge on any atom is -0.466 e. The second kappa shape index (κ2) is 7.07. The molecule has 2 aromatic rings. The van der Waals surface area contributed by atoms with Gasteiger partial charge in [0.2, 0.25) is 0 Å². The zero-order valence-corrected chi connectivity index (χ0v) is 14.5. The number of nitrogens with zero attached hydrogens (tertiary/aromatic N) is 4. The summed E-state index contributed by atoms with van der Waals surface area (Å²) in [5, 5.41) is 11.2. The van der Waals surface area contributed by atoms with Gasteiger partial charge in [0.15, 0.2) is 5.82 Å². The Morgan fingerprint density at radius 2 is 2.33 bits per heavy atom. The van der Waals surface area contributed by atoms with Crippen LogP contribution in [0.3, 0.4) is 0 Å². The highest BCUT2D eigenvalue weighted by atomic mass is 16.3. The van der Waals surface area contributed by atoms with Crippen molar-refractivity contribution in [2.24, 2.45) is 7.05 Å². The molecular formula is C17H25N5O2.